The predicted molar refractivity (Wildman–Crippen MR) is 63.8 cm³/mol. The summed E-state index contributed by atoms with van der Waals surface area (Å²) in [7, 11) is 0. The third-order valence-corrected chi connectivity index (χ3v) is 3.37. The molecule has 7 nitrogen and oxygen atoms in total. The van der Waals surface area contributed by atoms with Gasteiger partial charge < -0.3 is 10.8 Å². The van der Waals surface area contributed by atoms with Crippen LogP contribution in [0.2, 0.25) is 0 Å². The summed E-state index contributed by atoms with van der Waals surface area (Å²) in [5, 5.41) is 11.2. The van der Waals surface area contributed by atoms with E-state index < -0.39 is 23.4 Å². The van der Waals surface area contributed by atoms with E-state index in [1.165, 1.54) is 0 Å². The first kappa shape index (κ1) is 14.4. The monoisotopic (exact) mass is 257 g/mol. The van der Waals surface area contributed by atoms with Gasteiger partial charge in [0.2, 0.25) is 5.91 Å². The highest BCUT2D eigenvalue weighted by Crippen LogP contribution is 2.28. The third kappa shape index (κ3) is 3.43. The van der Waals surface area contributed by atoms with Crippen LogP contribution < -0.4 is 11.1 Å². The van der Waals surface area contributed by atoms with Gasteiger partial charge in [-0.15, -0.1) is 0 Å². The summed E-state index contributed by atoms with van der Waals surface area (Å²) in [6.45, 7) is 2.62. The van der Waals surface area contributed by atoms with E-state index in [-0.39, 0.29) is 6.42 Å². The number of imide groups is 1. The van der Waals surface area contributed by atoms with Crippen molar-refractivity contribution in [2.24, 2.45) is 5.73 Å². The van der Waals surface area contributed by atoms with E-state index in [0.29, 0.717) is 19.5 Å². The molecule has 0 aromatic rings. The molecule has 102 valence electrons. The Kier molecular flexibility index (Phi) is 4.66. The molecular formula is C11H19N3O4. The van der Waals surface area contributed by atoms with Crippen molar-refractivity contribution in [2.75, 3.05) is 13.1 Å². The van der Waals surface area contributed by atoms with Gasteiger partial charge in [0.25, 0.3) is 0 Å². The summed E-state index contributed by atoms with van der Waals surface area (Å²) in [4.78, 5) is 34.8. The fraction of sp³-hybridized carbons (Fsp3) is 0.727. The Hall–Kier alpha value is -1.63. The number of urea groups is 1. The van der Waals surface area contributed by atoms with E-state index in [1.807, 2.05) is 5.32 Å². The maximum Gasteiger partial charge on any atom is 0.323 e. The van der Waals surface area contributed by atoms with E-state index in [4.69, 9.17) is 5.73 Å². The van der Waals surface area contributed by atoms with Gasteiger partial charge in [0, 0.05) is 13.0 Å². The number of hydrogen-bond acceptors (Lipinski definition) is 4. The van der Waals surface area contributed by atoms with Crippen LogP contribution in [0.3, 0.4) is 0 Å². The Morgan fingerprint density at radius 3 is 2.61 bits per heavy atom. The Balaban J connectivity index is 2.56. The van der Waals surface area contributed by atoms with Crippen LogP contribution in [0.4, 0.5) is 4.79 Å². The molecule has 0 spiro atoms. The van der Waals surface area contributed by atoms with Gasteiger partial charge in [-0.3, -0.25) is 19.8 Å². The lowest BCUT2D eigenvalue weighted by Gasteiger charge is -2.41. The molecule has 1 unspecified atom stereocenters. The van der Waals surface area contributed by atoms with Crippen LogP contribution in [0.15, 0.2) is 0 Å². The first-order valence-corrected chi connectivity index (χ1v) is 5.94. The quantitative estimate of drug-likeness (QED) is 0.651. The van der Waals surface area contributed by atoms with Gasteiger partial charge in [-0.2, -0.15) is 0 Å². The summed E-state index contributed by atoms with van der Waals surface area (Å²) in [5.41, 5.74) is 3.90. The van der Waals surface area contributed by atoms with Crippen molar-refractivity contribution < 1.29 is 19.5 Å². The summed E-state index contributed by atoms with van der Waals surface area (Å²) in [6.07, 6.45) is 2.42. The predicted octanol–water partition coefficient (Wildman–Crippen LogP) is -0.0994. The zero-order valence-corrected chi connectivity index (χ0v) is 10.4. The second kappa shape index (κ2) is 5.81. The highest BCUT2D eigenvalue weighted by molar-refractivity contribution is 5.93. The van der Waals surface area contributed by atoms with E-state index in [1.54, 1.807) is 11.8 Å². The highest BCUT2D eigenvalue weighted by atomic mass is 16.4. The summed E-state index contributed by atoms with van der Waals surface area (Å²) >= 11 is 0. The molecule has 4 N–H and O–H groups in total. The third-order valence-electron chi connectivity index (χ3n) is 3.37. The van der Waals surface area contributed by atoms with Crippen molar-refractivity contribution in [1.29, 1.82) is 0 Å². The first-order chi connectivity index (χ1) is 8.36. The lowest BCUT2D eigenvalue weighted by Crippen LogP contribution is -2.55. The molecule has 7 heteroatoms. The van der Waals surface area contributed by atoms with Gasteiger partial charge in [-0.25, -0.2) is 4.79 Å². The van der Waals surface area contributed by atoms with Crippen LogP contribution >= 0.6 is 0 Å². The minimum atomic E-state index is -0.925. The van der Waals surface area contributed by atoms with Crippen molar-refractivity contribution in [3.63, 3.8) is 0 Å². The number of rotatable bonds is 4. The van der Waals surface area contributed by atoms with Gasteiger partial charge in [0.15, 0.2) is 0 Å². The Labute approximate surface area is 105 Å². The number of carbonyl (C=O) groups excluding carboxylic acids is 2. The number of carbonyl (C=O) groups is 3. The second-order valence-corrected chi connectivity index (χ2v) is 4.69. The molecule has 0 aliphatic carbocycles. The van der Waals surface area contributed by atoms with Crippen molar-refractivity contribution in [1.82, 2.24) is 10.2 Å². The van der Waals surface area contributed by atoms with Crippen molar-refractivity contribution in [2.45, 2.75) is 38.1 Å². The van der Waals surface area contributed by atoms with Crippen molar-refractivity contribution >= 4 is 17.9 Å². The van der Waals surface area contributed by atoms with Crippen LogP contribution in [0, 0.1) is 0 Å². The van der Waals surface area contributed by atoms with E-state index in [2.05, 4.69) is 0 Å². The molecule has 0 bridgehead atoms. The lowest BCUT2D eigenvalue weighted by atomic mass is 9.88. The van der Waals surface area contributed by atoms with Crippen LogP contribution in [-0.2, 0) is 9.59 Å². The molecule has 0 aromatic carbocycles. The molecule has 0 saturated carbocycles. The molecule has 1 rings (SSSR count). The normalized spacial score (nSPS) is 24.5. The molecule has 1 aliphatic rings. The van der Waals surface area contributed by atoms with Gasteiger partial charge in [-0.05, 0) is 32.7 Å². The average molecular weight is 257 g/mol. The van der Waals surface area contributed by atoms with Gasteiger partial charge in [0.1, 0.15) is 5.54 Å². The highest BCUT2D eigenvalue weighted by Gasteiger charge is 2.41. The van der Waals surface area contributed by atoms with Crippen molar-refractivity contribution in [3.8, 4) is 0 Å². The summed E-state index contributed by atoms with van der Waals surface area (Å²) in [5.74, 6) is -1.36. The minimum Gasteiger partial charge on any atom is -0.480 e. The van der Waals surface area contributed by atoms with Crippen LogP contribution in [0.25, 0.3) is 0 Å². The largest absolute Gasteiger partial charge is 0.480 e. The smallest absolute Gasteiger partial charge is 0.323 e. The summed E-state index contributed by atoms with van der Waals surface area (Å²) in [6, 6.07) is -0.889. The Morgan fingerprint density at radius 2 is 2.06 bits per heavy atom. The molecule has 0 radical (unpaired) electrons. The summed E-state index contributed by atoms with van der Waals surface area (Å²) < 4.78 is 0. The minimum absolute atomic E-state index is 0.0613. The molecule has 3 amide bonds. The zero-order valence-electron chi connectivity index (χ0n) is 10.4. The topological polar surface area (TPSA) is 113 Å². The Bertz CT molecular complexity index is 358. The molecule has 1 aliphatic heterocycles. The number of nitrogens with two attached hydrogens (primary N) is 1. The maximum atomic E-state index is 11.3. The number of amides is 3. The molecule has 1 fully saturated rings. The maximum absolute atomic E-state index is 11.3. The van der Waals surface area contributed by atoms with E-state index >= 15 is 0 Å². The number of likely N-dealkylation sites (tertiary alicyclic amines) is 1. The number of nitrogens with zero attached hydrogens (tertiary/aromatic N) is 1. The van der Waals surface area contributed by atoms with Crippen LogP contribution in [0.5, 0.6) is 0 Å². The average Bonchev–Trinajstić information content (AvgIpc) is 2.26. The number of piperidine rings is 1. The molecular weight excluding hydrogens is 238 g/mol. The number of primary amides is 1. The number of aliphatic carboxylic acids is 1. The van der Waals surface area contributed by atoms with E-state index in [0.717, 1.165) is 12.8 Å². The van der Waals surface area contributed by atoms with Gasteiger partial charge in [0.05, 0.1) is 0 Å². The fourth-order valence-corrected chi connectivity index (χ4v) is 2.21. The van der Waals surface area contributed by atoms with Gasteiger partial charge >= 0.3 is 12.0 Å². The number of carboxylic acid groups (broad SMARTS) is 1. The van der Waals surface area contributed by atoms with Crippen LogP contribution in [-0.4, -0.2) is 46.5 Å². The van der Waals surface area contributed by atoms with Crippen molar-refractivity contribution in [3.05, 3.63) is 0 Å². The molecule has 18 heavy (non-hydrogen) atoms. The first-order valence-electron chi connectivity index (χ1n) is 5.94. The molecule has 1 heterocycles. The fourth-order valence-electron chi connectivity index (χ4n) is 2.21. The molecule has 1 atom stereocenters. The molecule has 0 aromatic heterocycles. The number of nitrogens with one attached hydrogen (secondary N) is 1. The Morgan fingerprint density at radius 1 is 1.39 bits per heavy atom. The van der Waals surface area contributed by atoms with Gasteiger partial charge in [-0.1, -0.05) is 0 Å². The van der Waals surface area contributed by atoms with Crippen LogP contribution in [0.1, 0.15) is 32.6 Å². The molecule has 1 saturated heterocycles. The number of hydrogen-bond donors (Lipinski definition) is 3. The SMILES string of the molecule is CC1(C(=O)O)CCCCN1CCC(=O)NC(N)=O. The number of carboxylic acids is 1. The zero-order chi connectivity index (χ0) is 13.8. The second-order valence-electron chi connectivity index (χ2n) is 4.69. The lowest BCUT2D eigenvalue weighted by molar-refractivity contribution is -0.153. The standard InChI is InChI=1S/C11H19N3O4/c1-11(9(16)17)5-2-3-6-14(11)7-4-8(15)13-10(12)18/h2-7H2,1H3,(H,16,17)(H3,12,13,15,18). The van der Waals surface area contributed by atoms with E-state index in [9.17, 15) is 19.5 Å².